The van der Waals surface area contributed by atoms with E-state index in [1.54, 1.807) is 11.5 Å². The lowest BCUT2D eigenvalue weighted by molar-refractivity contribution is -0.402. The molecule has 0 aliphatic carbocycles. The number of pyridine rings is 2. The topological polar surface area (TPSA) is 159 Å². The van der Waals surface area contributed by atoms with Gasteiger partial charge >= 0.3 is 18.1 Å². The average Bonchev–Trinajstić information content (AvgIpc) is 3.63. The van der Waals surface area contributed by atoms with Gasteiger partial charge in [-0.2, -0.15) is 0 Å². The van der Waals surface area contributed by atoms with Crippen LogP contribution in [0.4, 0.5) is 15.5 Å². The van der Waals surface area contributed by atoms with Gasteiger partial charge in [0.05, 0.1) is 41.7 Å². The smallest absolute Gasteiger partial charge is 0.433 e. The normalized spacial score (nSPS) is 12.4. The summed E-state index contributed by atoms with van der Waals surface area (Å²) in [5, 5.41) is 11.7. The highest BCUT2D eigenvalue weighted by molar-refractivity contribution is 5.84. The van der Waals surface area contributed by atoms with Gasteiger partial charge in [0.1, 0.15) is 16.8 Å². The molecule has 0 spiro atoms. The molecule has 0 saturated carbocycles. The number of likely N-dealkylation sites (N-methyl/N-ethyl adjacent to an activating group) is 2. The largest absolute Gasteiger partial charge is 0.442 e. The number of amides is 2. The fourth-order valence-electron chi connectivity index (χ4n) is 4.96. The van der Waals surface area contributed by atoms with Crippen molar-refractivity contribution in [1.82, 2.24) is 19.4 Å². The molecule has 0 bridgehead atoms. The number of fused-ring (bicyclic) bond motifs is 4. The summed E-state index contributed by atoms with van der Waals surface area (Å²) in [5.41, 5.74) is 3.77. The van der Waals surface area contributed by atoms with E-state index >= 15 is 0 Å². The van der Waals surface area contributed by atoms with Crippen molar-refractivity contribution in [2.75, 3.05) is 34.3 Å². The van der Waals surface area contributed by atoms with E-state index in [0.717, 1.165) is 16.5 Å². The molecule has 1 aromatic carbocycles. The first kappa shape index (κ1) is 30.2. The number of nitrogens with zero attached hydrogens (tertiary/aromatic N) is 5. The number of nitro groups is 1. The molecule has 4 heterocycles. The van der Waals surface area contributed by atoms with Crippen LogP contribution in [0.3, 0.4) is 0 Å². The minimum atomic E-state index is -0.793. The Balaban J connectivity index is 1.24. The zero-order valence-corrected chi connectivity index (χ0v) is 24.6. The number of rotatable bonds is 10. The summed E-state index contributed by atoms with van der Waals surface area (Å²) in [5.74, 6) is -0.326. The molecule has 1 aliphatic heterocycles. The van der Waals surface area contributed by atoms with Gasteiger partial charge < -0.3 is 33.0 Å². The standard InChI is InChI=1S/C30H31N5O9/c1-18(43-30(38)33(3)12-11-32(2)29(37)42-16-21-9-10-26(44-21)35(39)40)22-14-25-27-20(13-19-7-5-6-8-24(19)31-27)15-34(25)28(36)23(22)17-41-4/h5-10,13-14,18H,11-12,15-17H2,1-4H3/t18-/m1/s1. The second-order valence-corrected chi connectivity index (χ2v) is 10.4. The molecule has 0 radical (unpaired) electrons. The van der Waals surface area contributed by atoms with Crippen LogP contribution in [0.25, 0.3) is 22.3 Å². The quantitative estimate of drug-likeness (QED) is 0.164. The number of para-hydroxylation sites is 1. The minimum Gasteiger partial charge on any atom is -0.442 e. The molecule has 44 heavy (non-hydrogen) atoms. The first-order chi connectivity index (χ1) is 21.1. The van der Waals surface area contributed by atoms with E-state index in [1.165, 1.54) is 43.1 Å². The number of carbonyl (C=O) groups is 2. The predicted octanol–water partition coefficient (Wildman–Crippen LogP) is 4.47. The van der Waals surface area contributed by atoms with Crippen LogP contribution in [-0.2, 0) is 34.0 Å². The van der Waals surface area contributed by atoms with Gasteiger partial charge in [0.25, 0.3) is 5.56 Å². The lowest BCUT2D eigenvalue weighted by atomic mass is 10.0. The van der Waals surface area contributed by atoms with Gasteiger partial charge in [-0.1, -0.05) is 18.2 Å². The molecule has 14 nitrogen and oxygen atoms in total. The number of hydrogen-bond donors (Lipinski definition) is 0. The number of aromatic nitrogens is 2. The molecule has 0 saturated heterocycles. The van der Waals surface area contributed by atoms with Crippen molar-refractivity contribution >= 4 is 29.0 Å². The van der Waals surface area contributed by atoms with Crippen LogP contribution < -0.4 is 5.56 Å². The van der Waals surface area contributed by atoms with Crippen LogP contribution in [0.2, 0.25) is 0 Å². The molecule has 3 aromatic heterocycles. The minimum absolute atomic E-state index is 0.0379. The maximum atomic E-state index is 13.6. The monoisotopic (exact) mass is 605 g/mol. The van der Waals surface area contributed by atoms with Gasteiger partial charge in [0.15, 0.2) is 6.61 Å². The van der Waals surface area contributed by atoms with Gasteiger partial charge in [-0.05, 0) is 31.2 Å². The second-order valence-electron chi connectivity index (χ2n) is 10.4. The molecular weight excluding hydrogens is 574 g/mol. The maximum absolute atomic E-state index is 13.6. The van der Waals surface area contributed by atoms with E-state index in [2.05, 4.69) is 0 Å². The molecule has 1 aliphatic rings. The van der Waals surface area contributed by atoms with Gasteiger partial charge in [0, 0.05) is 50.8 Å². The number of benzene rings is 1. The molecule has 0 fully saturated rings. The Morgan fingerprint density at radius 2 is 1.82 bits per heavy atom. The van der Waals surface area contributed by atoms with Crippen molar-refractivity contribution in [3.05, 3.63) is 91.4 Å². The van der Waals surface area contributed by atoms with Crippen molar-refractivity contribution in [3.63, 3.8) is 0 Å². The van der Waals surface area contributed by atoms with Gasteiger partial charge in [0.2, 0.25) is 0 Å². The SMILES string of the molecule is COCc1c([C@@H](C)OC(=O)N(C)CCN(C)C(=O)OCc2ccc([N+](=O)[O-])o2)cc2n(c1=O)Cc1cc3ccccc3nc1-2. The highest BCUT2D eigenvalue weighted by atomic mass is 16.7. The Kier molecular flexibility index (Phi) is 8.62. The van der Waals surface area contributed by atoms with Crippen molar-refractivity contribution in [2.45, 2.75) is 32.8 Å². The molecule has 14 heteroatoms. The first-order valence-electron chi connectivity index (χ1n) is 13.7. The summed E-state index contributed by atoms with van der Waals surface area (Å²) in [6, 6.07) is 14.1. The molecular formula is C30H31N5O9. The lowest BCUT2D eigenvalue weighted by Gasteiger charge is -2.24. The van der Waals surface area contributed by atoms with E-state index in [1.807, 2.05) is 36.4 Å². The van der Waals surface area contributed by atoms with Crippen LogP contribution in [0.15, 0.2) is 57.7 Å². The van der Waals surface area contributed by atoms with Crippen molar-refractivity contribution in [2.24, 2.45) is 0 Å². The Bertz CT molecular complexity index is 1800. The van der Waals surface area contributed by atoms with Gasteiger partial charge in [-0.15, -0.1) is 0 Å². The molecule has 0 N–H and O–H groups in total. The molecule has 4 aromatic rings. The van der Waals surface area contributed by atoms with E-state index in [-0.39, 0.29) is 37.6 Å². The van der Waals surface area contributed by atoms with E-state index in [0.29, 0.717) is 29.1 Å². The summed E-state index contributed by atoms with van der Waals surface area (Å²) >= 11 is 0. The third kappa shape index (κ3) is 6.10. The summed E-state index contributed by atoms with van der Waals surface area (Å²) in [4.78, 5) is 56.3. The average molecular weight is 606 g/mol. The van der Waals surface area contributed by atoms with E-state index in [9.17, 15) is 24.5 Å². The molecule has 5 rings (SSSR count). The number of methoxy groups -OCH3 is 1. The Morgan fingerprint density at radius 1 is 1.09 bits per heavy atom. The van der Waals surface area contributed by atoms with Crippen LogP contribution in [0.1, 0.15) is 35.5 Å². The highest BCUT2D eigenvalue weighted by Gasteiger charge is 2.28. The van der Waals surface area contributed by atoms with Crippen LogP contribution in [0.5, 0.6) is 0 Å². The number of hydrogen-bond acceptors (Lipinski definition) is 10. The summed E-state index contributed by atoms with van der Waals surface area (Å²) < 4.78 is 22.8. The third-order valence-electron chi connectivity index (χ3n) is 7.37. The Morgan fingerprint density at radius 3 is 2.52 bits per heavy atom. The van der Waals surface area contributed by atoms with Crippen molar-refractivity contribution in [1.29, 1.82) is 0 Å². The highest BCUT2D eigenvalue weighted by Crippen LogP contribution is 2.34. The van der Waals surface area contributed by atoms with Gasteiger partial charge in [-0.3, -0.25) is 14.9 Å². The zero-order valence-electron chi connectivity index (χ0n) is 24.6. The van der Waals surface area contributed by atoms with Crippen LogP contribution in [0, 0.1) is 10.1 Å². The predicted molar refractivity (Wildman–Crippen MR) is 157 cm³/mol. The third-order valence-corrected chi connectivity index (χ3v) is 7.37. The summed E-state index contributed by atoms with van der Waals surface area (Å²) in [7, 11) is 4.50. The number of carbonyl (C=O) groups excluding carboxylic acids is 2. The fraction of sp³-hybridized carbons (Fsp3) is 0.333. The molecule has 230 valence electrons. The van der Waals surface area contributed by atoms with E-state index in [4.69, 9.17) is 23.6 Å². The second kappa shape index (κ2) is 12.6. The first-order valence-corrected chi connectivity index (χ1v) is 13.7. The zero-order chi connectivity index (χ0) is 31.5. The van der Waals surface area contributed by atoms with Crippen molar-refractivity contribution in [3.8, 4) is 11.4 Å². The van der Waals surface area contributed by atoms with E-state index < -0.39 is 29.1 Å². The number of ether oxygens (including phenoxy) is 3. The molecule has 2 amide bonds. The molecule has 1 atom stereocenters. The Labute approximate surface area is 251 Å². The summed E-state index contributed by atoms with van der Waals surface area (Å²) in [6.45, 7) is 2.05. The fourth-order valence-corrected chi connectivity index (χ4v) is 4.96. The molecule has 0 unspecified atom stereocenters. The number of furan rings is 1. The van der Waals surface area contributed by atoms with Crippen molar-refractivity contribution < 1.29 is 33.1 Å². The van der Waals surface area contributed by atoms with Crippen LogP contribution >= 0.6 is 0 Å². The Hall–Kier alpha value is -5.24. The maximum Gasteiger partial charge on any atom is 0.433 e. The van der Waals surface area contributed by atoms with Crippen LogP contribution in [-0.4, -0.2) is 70.8 Å². The van der Waals surface area contributed by atoms with Gasteiger partial charge in [-0.25, -0.2) is 14.6 Å². The lowest BCUT2D eigenvalue weighted by Crippen LogP contribution is -2.38. The summed E-state index contributed by atoms with van der Waals surface area (Å²) in [6.07, 6.45) is -2.16.